The molecule has 0 aliphatic rings. The number of nitrogens with two attached hydrogens (primary N) is 1. The lowest BCUT2D eigenvalue weighted by molar-refractivity contribution is 0.413. The average Bonchev–Trinajstić information content (AvgIpc) is 2.80. The molecule has 4 nitrogen and oxygen atoms in total. The van der Waals surface area contributed by atoms with Crippen LogP contribution in [0.1, 0.15) is 31.7 Å². The van der Waals surface area contributed by atoms with Crippen LogP contribution >= 0.6 is 0 Å². The second-order valence-corrected chi connectivity index (χ2v) is 5.04. The van der Waals surface area contributed by atoms with Crippen LogP contribution in [0.25, 0.3) is 11.3 Å². The lowest BCUT2D eigenvalue weighted by Gasteiger charge is -2.08. The van der Waals surface area contributed by atoms with Gasteiger partial charge in [0.05, 0.1) is 12.8 Å². The zero-order valence-electron chi connectivity index (χ0n) is 12.5. The molecule has 0 atom stereocenters. The fraction of sp³-hybridized carbons (Fsp3) is 0.438. The first-order valence-corrected chi connectivity index (χ1v) is 7.14. The Morgan fingerprint density at radius 1 is 1.30 bits per heavy atom. The molecule has 4 heteroatoms. The summed E-state index contributed by atoms with van der Waals surface area (Å²) in [5.74, 6) is 1.44. The number of nitrogens with zero attached hydrogens (tertiary/aromatic N) is 2. The number of methoxy groups -OCH3 is 1. The number of nitrogen functional groups attached to an aromatic ring is 1. The summed E-state index contributed by atoms with van der Waals surface area (Å²) >= 11 is 0. The van der Waals surface area contributed by atoms with Crippen LogP contribution in [-0.2, 0) is 6.54 Å². The molecule has 0 radical (unpaired) electrons. The van der Waals surface area contributed by atoms with Crippen molar-refractivity contribution in [1.29, 1.82) is 0 Å². The van der Waals surface area contributed by atoms with Crippen LogP contribution in [-0.4, -0.2) is 16.7 Å². The molecule has 0 aliphatic heterocycles. The maximum absolute atomic E-state index is 6.00. The van der Waals surface area contributed by atoms with Crippen molar-refractivity contribution < 1.29 is 4.74 Å². The van der Waals surface area contributed by atoms with Gasteiger partial charge in [0.1, 0.15) is 5.75 Å². The van der Waals surface area contributed by atoms with Crippen molar-refractivity contribution in [3.05, 3.63) is 30.0 Å². The van der Waals surface area contributed by atoms with Crippen LogP contribution in [0.5, 0.6) is 5.75 Å². The van der Waals surface area contributed by atoms with E-state index in [0.29, 0.717) is 5.95 Å². The van der Waals surface area contributed by atoms with Crippen LogP contribution in [0.15, 0.2) is 24.4 Å². The van der Waals surface area contributed by atoms with Gasteiger partial charge in [0, 0.05) is 18.3 Å². The lowest BCUT2D eigenvalue weighted by atomic mass is 10.1. The first-order chi connectivity index (χ1) is 9.67. The topological polar surface area (TPSA) is 53.1 Å². The van der Waals surface area contributed by atoms with Gasteiger partial charge in [-0.25, -0.2) is 4.98 Å². The van der Waals surface area contributed by atoms with Crippen molar-refractivity contribution >= 4 is 5.95 Å². The fourth-order valence-electron chi connectivity index (χ4n) is 2.40. The monoisotopic (exact) mass is 273 g/mol. The van der Waals surface area contributed by atoms with Gasteiger partial charge in [-0.05, 0) is 25.0 Å². The van der Waals surface area contributed by atoms with E-state index in [0.717, 1.165) is 35.5 Å². The molecule has 0 saturated heterocycles. The summed E-state index contributed by atoms with van der Waals surface area (Å²) in [6.07, 6.45) is 5.55. The molecule has 0 spiro atoms. The molecule has 2 N–H and O–H groups in total. The van der Waals surface area contributed by atoms with Crippen molar-refractivity contribution in [2.24, 2.45) is 0 Å². The minimum atomic E-state index is 0.569. The van der Waals surface area contributed by atoms with Crippen LogP contribution in [0.2, 0.25) is 0 Å². The molecule has 2 aromatic rings. The van der Waals surface area contributed by atoms with Crippen LogP contribution < -0.4 is 10.5 Å². The van der Waals surface area contributed by atoms with Crippen LogP contribution in [0.4, 0.5) is 5.95 Å². The van der Waals surface area contributed by atoms with Crippen molar-refractivity contribution in [2.45, 2.75) is 39.7 Å². The SMILES string of the molecule is CCCCCn1cc(-c2cccc(C)c2OC)nc1N. The van der Waals surface area contributed by atoms with Crippen molar-refractivity contribution in [1.82, 2.24) is 9.55 Å². The quantitative estimate of drug-likeness (QED) is 0.817. The van der Waals surface area contributed by atoms with E-state index in [1.54, 1.807) is 7.11 Å². The first-order valence-electron chi connectivity index (χ1n) is 7.14. The summed E-state index contributed by atoms with van der Waals surface area (Å²) in [7, 11) is 1.69. The van der Waals surface area contributed by atoms with E-state index in [2.05, 4.69) is 11.9 Å². The molecule has 0 fully saturated rings. The van der Waals surface area contributed by atoms with Crippen molar-refractivity contribution in [3.63, 3.8) is 0 Å². The molecule has 0 amide bonds. The summed E-state index contributed by atoms with van der Waals surface area (Å²) in [5.41, 5.74) is 8.97. The standard InChI is InChI=1S/C16H23N3O/c1-4-5-6-10-19-11-14(18-16(19)17)13-9-7-8-12(2)15(13)20-3/h7-9,11H,4-6,10H2,1-3H3,(H2,17,18). The predicted octanol–water partition coefficient (Wildman–Crippen LogP) is 3.64. The van der Waals surface area contributed by atoms with Crippen molar-refractivity contribution in [3.8, 4) is 17.0 Å². The second-order valence-electron chi connectivity index (χ2n) is 5.04. The molecule has 0 aliphatic carbocycles. The Labute approximate surface area is 120 Å². The van der Waals surface area contributed by atoms with Gasteiger partial charge in [0.2, 0.25) is 5.95 Å². The minimum Gasteiger partial charge on any atom is -0.496 e. The summed E-state index contributed by atoms with van der Waals surface area (Å²) in [6.45, 7) is 5.14. The van der Waals surface area contributed by atoms with E-state index >= 15 is 0 Å². The van der Waals surface area contributed by atoms with Gasteiger partial charge in [0.15, 0.2) is 0 Å². The first kappa shape index (κ1) is 14.4. The molecule has 0 unspecified atom stereocenters. The molecule has 1 aromatic carbocycles. The van der Waals surface area contributed by atoms with Gasteiger partial charge < -0.3 is 15.0 Å². The molecule has 0 saturated carbocycles. The Balaban J connectivity index is 2.30. The van der Waals surface area contributed by atoms with E-state index in [4.69, 9.17) is 10.5 Å². The van der Waals surface area contributed by atoms with Gasteiger partial charge in [-0.15, -0.1) is 0 Å². The van der Waals surface area contributed by atoms with Crippen LogP contribution in [0, 0.1) is 6.92 Å². The maximum Gasteiger partial charge on any atom is 0.200 e. The predicted molar refractivity (Wildman–Crippen MR) is 82.9 cm³/mol. The smallest absolute Gasteiger partial charge is 0.200 e. The summed E-state index contributed by atoms with van der Waals surface area (Å²) < 4.78 is 7.51. The highest BCUT2D eigenvalue weighted by molar-refractivity contribution is 5.69. The molecule has 0 bridgehead atoms. The third kappa shape index (κ3) is 2.95. The number of aromatic nitrogens is 2. The molecule has 1 heterocycles. The Kier molecular flexibility index (Phi) is 4.66. The van der Waals surface area contributed by atoms with E-state index in [1.807, 2.05) is 35.9 Å². The largest absolute Gasteiger partial charge is 0.496 e. The number of aryl methyl sites for hydroxylation is 2. The zero-order chi connectivity index (χ0) is 14.5. The molecule has 2 rings (SSSR count). The second kappa shape index (κ2) is 6.46. The summed E-state index contributed by atoms with van der Waals surface area (Å²) in [6, 6.07) is 6.06. The third-order valence-electron chi connectivity index (χ3n) is 3.50. The zero-order valence-corrected chi connectivity index (χ0v) is 12.5. The van der Waals surface area contributed by atoms with E-state index < -0.39 is 0 Å². The van der Waals surface area contributed by atoms with Gasteiger partial charge in [-0.2, -0.15) is 0 Å². The normalized spacial score (nSPS) is 10.8. The van der Waals surface area contributed by atoms with Gasteiger partial charge >= 0.3 is 0 Å². The maximum atomic E-state index is 6.00. The number of unbranched alkanes of at least 4 members (excludes halogenated alkanes) is 2. The fourth-order valence-corrected chi connectivity index (χ4v) is 2.40. The highest BCUT2D eigenvalue weighted by Crippen LogP contribution is 2.32. The Bertz CT molecular complexity index is 575. The Morgan fingerprint density at radius 2 is 2.10 bits per heavy atom. The average molecular weight is 273 g/mol. The van der Waals surface area contributed by atoms with Crippen LogP contribution in [0.3, 0.4) is 0 Å². The number of hydrogen-bond donors (Lipinski definition) is 1. The highest BCUT2D eigenvalue weighted by Gasteiger charge is 2.12. The van der Waals surface area contributed by atoms with Gasteiger partial charge in [-0.3, -0.25) is 0 Å². The molecule has 108 valence electrons. The number of hydrogen-bond acceptors (Lipinski definition) is 3. The number of rotatable bonds is 6. The van der Waals surface area contributed by atoms with E-state index in [-0.39, 0.29) is 0 Å². The van der Waals surface area contributed by atoms with Gasteiger partial charge in [0.25, 0.3) is 0 Å². The van der Waals surface area contributed by atoms with E-state index in [1.165, 1.54) is 12.8 Å². The van der Waals surface area contributed by atoms with E-state index in [9.17, 15) is 0 Å². The number of ether oxygens (including phenoxy) is 1. The summed E-state index contributed by atoms with van der Waals surface area (Å²) in [5, 5.41) is 0. The van der Waals surface area contributed by atoms with Crippen molar-refractivity contribution in [2.75, 3.05) is 12.8 Å². The Morgan fingerprint density at radius 3 is 2.80 bits per heavy atom. The minimum absolute atomic E-state index is 0.569. The molecule has 1 aromatic heterocycles. The molecule has 20 heavy (non-hydrogen) atoms. The number of benzene rings is 1. The number of anilines is 1. The summed E-state index contributed by atoms with van der Waals surface area (Å²) in [4.78, 5) is 4.47. The number of imidazole rings is 1. The third-order valence-corrected chi connectivity index (χ3v) is 3.50. The Hall–Kier alpha value is -1.97. The highest BCUT2D eigenvalue weighted by atomic mass is 16.5. The number of para-hydroxylation sites is 1. The lowest BCUT2D eigenvalue weighted by Crippen LogP contribution is -2.02. The van der Waals surface area contributed by atoms with Gasteiger partial charge in [-0.1, -0.05) is 31.9 Å². The molecular weight excluding hydrogens is 250 g/mol. The molecular formula is C16H23N3O.